The van der Waals surface area contributed by atoms with Gasteiger partial charge < -0.3 is 29.1 Å². The number of fused-ring (bicyclic) bond motifs is 1. The fourth-order valence-electron chi connectivity index (χ4n) is 4.88. The lowest BCUT2D eigenvalue weighted by atomic mass is 10.0. The summed E-state index contributed by atoms with van der Waals surface area (Å²) in [7, 11) is 1.56. The van der Waals surface area contributed by atoms with Crippen molar-refractivity contribution in [3.63, 3.8) is 0 Å². The van der Waals surface area contributed by atoms with Crippen molar-refractivity contribution in [1.82, 2.24) is 15.5 Å². The molecule has 0 radical (unpaired) electrons. The van der Waals surface area contributed by atoms with Gasteiger partial charge in [-0.25, -0.2) is 19.4 Å². The van der Waals surface area contributed by atoms with Gasteiger partial charge in [0.05, 0.1) is 12.8 Å². The average molecular weight is 884 g/mol. The number of halogens is 1. The zero-order chi connectivity index (χ0) is 40.8. The number of oxime groups is 1. The van der Waals surface area contributed by atoms with Gasteiger partial charge in [0, 0.05) is 9.68 Å². The van der Waals surface area contributed by atoms with Crippen molar-refractivity contribution in [2.45, 2.75) is 116 Å². The minimum atomic E-state index is -1.65. The van der Waals surface area contributed by atoms with Gasteiger partial charge >= 0.3 is 18.0 Å². The zero-order valence-corrected chi connectivity index (χ0v) is 35.7. The number of esters is 2. The number of carbonyl (C=O) groups is 5. The van der Waals surface area contributed by atoms with E-state index in [1.807, 2.05) is 6.92 Å². The number of ether oxygens (including phenoxy) is 4. The van der Waals surface area contributed by atoms with Crippen molar-refractivity contribution in [1.29, 1.82) is 0 Å². The Morgan fingerprint density at radius 2 is 1.61 bits per heavy atom. The predicted octanol–water partition coefficient (Wildman–Crippen LogP) is 5.56. The molecule has 15 nitrogen and oxygen atoms in total. The molecule has 1 fully saturated rings. The Morgan fingerprint density at radius 3 is 2.15 bits per heavy atom. The van der Waals surface area contributed by atoms with Gasteiger partial charge in [0.2, 0.25) is 5.60 Å². The second kappa shape index (κ2) is 18.0. The van der Waals surface area contributed by atoms with Gasteiger partial charge in [-0.05, 0) is 99.4 Å². The highest BCUT2D eigenvalue weighted by molar-refractivity contribution is 14.1. The van der Waals surface area contributed by atoms with Crippen LogP contribution in [0, 0.1) is 0 Å². The number of alkyl halides is 1. The van der Waals surface area contributed by atoms with E-state index in [4.69, 9.17) is 23.8 Å². The van der Waals surface area contributed by atoms with Crippen LogP contribution in [0.15, 0.2) is 57.5 Å². The van der Waals surface area contributed by atoms with Gasteiger partial charge in [-0.2, -0.15) is 0 Å². The summed E-state index contributed by atoms with van der Waals surface area (Å²) in [6.45, 7) is 18.0. The highest BCUT2D eigenvalue weighted by Gasteiger charge is 2.56. The summed E-state index contributed by atoms with van der Waals surface area (Å²) in [5.41, 5.74) is -2.10. The van der Waals surface area contributed by atoms with Crippen LogP contribution < -0.4 is 15.4 Å². The Labute approximate surface area is 334 Å². The highest BCUT2D eigenvalue weighted by Crippen LogP contribution is 2.45. The second-order valence-corrected chi connectivity index (χ2v) is 17.0. The molecule has 0 aromatic heterocycles. The van der Waals surface area contributed by atoms with E-state index < -0.39 is 63.8 Å². The average Bonchev–Trinajstić information content (AvgIpc) is 3.06. The number of hydrogen-bond acceptors (Lipinski definition) is 13. The molecular weight excluding hydrogens is 833 g/mol. The number of methoxy groups -OCH3 is 1. The van der Waals surface area contributed by atoms with Gasteiger partial charge in [-0.1, -0.05) is 46.0 Å². The molecule has 2 heterocycles. The summed E-state index contributed by atoms with van der Waals surface area (Å²) in [6, 6.07) is 5.99. The number of thioether (sulfide) groups is 1. The molecule has 0 aliphatic carbocycles. The van der Waals surface area contributed by atoms with E-state index in [9.17, 15) is 24.0 Å². The van der Waals surface area contributed by atoms with Crippen molar-refractivity contribution in [3.05, 3.63) is 52.9 Å². The lowest BCUT2D eigenvalue weighted by molar-refractivity contribution is -0.179. The van der Waals surface area contributed by atoms with Crippen LogP contribution in [0.4, 0.5) is 4.79 Å². The van der Waals surface area contributed by atoms with E-state index in [1.54, 1.807) is 79.8 Å². The number of benzene rings is 1. The van der Waals surface area contributed by atoms with Crippen LogP contribution in [-0.2, 0) is 44.8 Å². The molecule has 2 N–H and O–H groups in total. The molecule has 54 heavy (non-hydrogen) atoms. The summed E-state index contributed by atoms with van der Waals surface area (Å²) in [5.74, 6) is -2.09. The number of amides is 3. The Hall–Kier alpha value is -4.13. The van der Waals surface area contributed by atoms with E-state index in [1.165, 1.54) is 43.5 Å². The van der Waals surface area contributed by atoms with Crippen molar-refractivity contribution in [2.24, 2.45) is 10.1 Å². The maximum Gasteiger partial charge on any atom is 0.413 e. The van der Waals surface area contributed by atoms with Gasteiger partial charge in [-0.15, -0.1) is 11.8 Å². The van der Waals surface area contributed by atoms with Crippen LogP contribution in [0.25, 0.3) is 0 Å². The molecule has 3 atom stereocenters. The molecule has 0 unspecified atom stereocenters. The number of amidine groups is 1. The molecule has 1 aromatic rings. The number of allylic oxidation sites excluding steroid dienone is 1. The lowest BCUT2D eigenvalue weighted by Gasteiger charge is -2.51. The van der Waals surface area contributed by atoms with Crippen LogP contribution in [0.2, 0.25) is 0 Å². The number of β-lactam (4-membered cyclic amide) rings is 1. The van der Waals surface area contributed by atoms with Gasteiger partial charge in [0.15, 0.2) is 5.71 Å². The van der Waals surface area contributed by atoms with E-state index in [0.29, 0.717) is 10.2 Å². The van der Waals surface area contributed by atoms with Crippen molar-refractivity contribution < 1.29 is 47.8 Å². The lowest BCUT2D eigenvalue weighted by Crippen LogP contribution is -2.71. The summed E-state index contributed by atoms with van der Waals surface area (Å²) >= 11 is 3.55. The Balaban J connectivity index is 1.91. The smallest absolute Gasteiger partial charge is 0.413 e. The van der Waals surface area contributed by atoms with E-state index in [-0.39, 0.29) is 29.1 Å². The first-order chi connectivity index (χ1) is 25.0. The Kier molecular flexibility index (Phi) is 14.8. The molecule has 17 heteroatoms. The molecule has 1 saturated heterocycles. The molecule has 2 aliphatic heterocycles. The van der Waals surface area contributed by atoms with E-state index >= 15 is 0 Å². The molecule has 3 amide bonds. The standard InChI is InChI=1S/C37H50IN5O10S/c1-13-25(39-21(3)40-34(48)52-36(7,8)9)26(42-53-37(10,11)33(47)51-35(4,5)6)29(44)41-27-30(45)43-28(24(18-38)20(2)54-31(27)43)32(46)50-19-22-14-16-23(49-12)17-15-22/h13-17,20,27,31H,18-19H2,1-12H3,(H,41,44)(H,39,40,48)/b25-13-,42-26-/t20-,27+,31+/m0/s1. The summed E-state index contributed by atoms with van der Waals surface area (Å²) < 4.78 is 22.1. The monoisotopic (exact) mass is 883 g/mol. The molecule has 1 aromatic carbocycles. The van der Waals surface area contributed by atoms with Crippen LogP contribution in [0.1, 0.15) is 81.7 Å². The normalized spacial score (nSPS) is 19.6. The third kappa shape index (κ3) is 11.7. The highest BCUT2D eigenvalue weighted by atomic mass is 127. The Morgan fingerprint density at radius 1 is 1.00 bits per heavy atom. The molecule has 3 rings (SSSR count). The fraction of sp³-hybridized carbons (Fsp3) is 0.541. The summed E-state index contributed by atoms with van der Waals surface area (Å²) in [6.07, 6.45) is 0.673. The minimum Gasteiger partial charge on any atom is -0.497 e. The topological polar surface area (TPSA) is 184 Å². The molecule has 0 spiro atoms. The molecule has 0 bridgehead atoms. The Bertz CT molecular complexity index is 1740. The first-order valence-corrected chi connectivity index (χ1v) is 19.6. The maximum atomic E-state index is 14.0. The minimum absolute atomic E-state index is 0.0243. The SMILES string of the molecule is C/C=C(N=C(C)NC(=O)OC(C)(C)C)/C(=N/OC(C)(C)C(=O)OC(C)(C)C)C(=O)N[C@@H]1C(=O)N2C(C(=O)OCc3ccc(OC)cc3)=C(CI)[C@H](C)S[C@H]12. The zero-order valence-electron chi connectivity index (χ0n) is 32.7. The van der Waals surface area contributed by atoms with Gasteiger partial charge in [-0.3, -0.25) is 19.8 Å². The predicted molar refractivity (Wildman–Crippen MR) is 213 cm³/mol. The van der Waals surface area contributed by atoms with Gasteiger partial charge in [0.25, 0.3) is 11.8 Å². The molecule has 2 aliphatic rings. The van der Waals surface area contributed by atoms with Crippen LogP contribution in [0.3, 0.4) is 0 Å². The third-order valence-corrected chi connectivity index (χ3v) is 9.81. The first kappa shape index (κ1) is 44.3. The maximum absolute atomic E-state index is 14.0. The number of hydrogen-bond donors (Lipinski definition) is 2. The first-order valence-electron chi connectivity index (χ1n) is 17.1. The number of nitrogens with one attached hydrogen (secondary N) is 2. The van der Waals surface area contributed by atoms with Crippen molar-refractivity contribution >= 4 is 75.7 Å². The summed E-state index contributed by atoms with van der Waals surface area (Å²) in [4.78, 5) is 78.1. The molecule has 296 valence electrons. The largest absolute Gasteiger partial charge is 0.497 e. The van der Waals surface area contributed by atoms with Crippen molar-refractivity contribution in [2.75, 3.05) is 11.5 Å². The third-order valence-electron chi connectivity index (χ3n) is 7.53. The number of carbonyl (C=O) groups excluding carboxylic acids is 5. The number of nitrogens with zero attached hydrogens (tertiary/aromatic N) is 3. The van der Waals surface area contributed by atoms with Crippen molar-refractivity contribution in [3.8, 4) is 5.75 Å². The van der Waals surface area contributed by atoms with Crippen LogP contribution in [-0.4, -0.2) is 91.3 Å². The quantitative estimate of drug-likeness (QED) is 0.0392. The molecule has 0 saturated carbocycles. The summed E-state index contributed by atoms with van der Waals surface area (Å²) in [5, 5.41) is 8.44. The fourth-order valence-corrected chi connectivity index (χ4v) is 7.65. The van der Waals surface area contributed by atoms with Crippen LogP contribution >= 0.6 is 34.4 Å². The molecular formula is C37H50IN5O10S. The van der Waals surface area contributed by atoms with Crippen LogP contribution in [0.5, 0.6) is 5.75 Å². The second-order valence-electron chi connectivity index (χ2n) is 14.8. The van der Waals surface area contributed by atoms with E-state index in [2.05, 4.69) is 43.4 Å². The number of alkyl carbamates (subject to hydrolysis) is 1. The number of aliphatic imine (C=N–C) groups is 1. The van der Waals surface area contributed by atoms with Gasteiger partial charge in [0.1, 0.15) is 46.5 Å². The number of rotatable bonds is 12. The van der Waals surface area contributed by atoms with E-state index in [0.717, 1.165) is 11.1 Å².